The zero-order valence-corrected chi connectivity index (χ0v) is 19.5. The highest BCUT2D eigenvalue weighted by atomic mass is 35.5. The molecule has 0 radical (unpaired) electrons. The van der Waals surface area contributed by atoms with Gasteiger partial charge in [0.2, 0.25) is 0 Å². The van der Waals surface area contributed by atoms with E-state index in [4.69, 9.17) is 16.0 Å². The van der Waals surface area contributed by atoms with Crippen LogP contribution in [-0.4, -0.2) is 19.3 Å². The van der Waals surface area contributed by atoms with Crippen molar-refractivity contribution in [1.29, 1.82) is 0 Å². The van der Waals surface area contributed by atoms with Crippen molar-refractivity contribution >= 4 is 44.2 Å². The van der Waals surface area contributed by atoms with Crippen molar-refractivity contribution in [2.24, 2.45) is 0 Å². The number of halogens is 1. The summed E-state index contributed by atoms with van der Waals surface area (Å²) in [6.07, 6.45) is 6.76. The Labute approximate surface area is 196 Å². The fraction of sp³-hybridized carbons (Fsp3) is 0.200. The number of sulfonamides is 1. The number of carbonyl (C=O) groups is 1. The van der Waals surface area contributed by atoms with Gasteiger partial charge in [-0.25, -0.2) is 8.42 Å². The second kappa shape index (κ2) is 8.32. The summed E-state index contributed by atoms with van der Waals surface area (Å²) in [6.45, 7) is 1.72. The molecule has 168 valence electrons. The number of benzene rings is 2. The van der Waals surface area contributed by atoms with Crippen LogP contribution in [0.25, 0.3) is 11.0 Å². The summed E-state index contributed by atoms with van der Waals surface area (Å²) in [7, 11) is -4.24. The summed E-state index contributed by atoms with van der Waals surface area (Å²) in [5.74, 6) is 0.276. The molecule has 6 nitrogen and oxygen atoms in total. The first kappa shape index (κ1) is 21.7. The van der Waals surface area contributed by atoms with Crippen LogP contribution in [0.4, 0.5) is 5.69 Å². The van der Waals surface area contributed by atoms with Gasteiger partial charge in [0.15, 0.2) is 0 Å². The second-order valence-electron chi connectivity index (χ2n) is 8.11. The van der Waals surface area contributed by atoms with Gasteiger partial charge in [-0.3, -0.25) is 9.78 Å². The maximum absolute atomic E-state index is 13.8. The first-order chi connectivity index (χ1) is 15.9. The average molecular weight is 481 g/mol. The van der Waals surface area contributed by atoms with Crippen molar-refractivity contribution in [3.8, 4) is 0 Å². The van der Waals surface area contributed by atoms with Gasteiger partial charge in [-0.2, -0.15) is 4.31 Å². The van der Waals surface area contributed by atoms with E-state index in [1.165, 1.54) is 42.7 Å². The van der Waals surface area contributed by atoms with Crippen LogP contribution in [0.15, 0.2) is 70.2 Å². The number of carbonyl (C=O) groups excluding carboxylic acids is 1. The van der Waals surface area contributed by atoms with Gasteiger partial charge in [-0.15, -0.1) is 0 Å². The van der Waals surface area contributed by atoms with Gasteiger partial charge in [0.25, 0.3) is 15.9 Å². The Morgan fingerprint density at radius 2 is 1.79 bits per heavy atom. The molecule has 8 heteroatoms. The van der Waals surface area contributed by atoms with Gasteiger partial charge >= 0.3 is 0 Å². The third-order valence-electron chi connectivity index (χ3n) is 5.95. The second-order valence-corrected chi connectivity index (χ2v) is 10.3. The SMILES string of the molecule is Cc1cc(S(=O)(=O)N(C(=O)c2ccncc2)c2ccc3oc4c(c3c2)CCCC4)ccc1Cl. The highest BCUT2D eigenvalue weighted by Gasteiger charge is 2.33. The number of hydrogen-bond acceptors (Lipinski definition) is 5. The third-order valence-corrected chi connectivity index (χ3v) is 8.08. The van der Waals surface area contributed by atoms with Crippen LogP contribution in [0, 0.1) is 6.92 Å². The Bertz CT molecular complexity index is 1480. The lowest BCUT2D eigenvalue weighted by atomic mass is 9.96. The van der Waals surface area contributed by atoms with E-state index in [0.717, 1.165) is 46.7 Å². The Morgan fingerprint density at radius 3 is 2.55 bits per heavy atom. The molecule has 33 heavy (non-hydrogen) atoms. The first-order valence-electron chi connectivity index (χ1n) is 10.7. The summed E-state index contributed by atoms with van der Waals surface area (Å²) in [6, 6.07) is 12.5. The van der Waals surface area contributed by atoms with Crippen LogP contribution >= 0.6 is 11.6 Å². The minimum atomic E-state index is -4.24. The van der Waals surface area contributed by atoms with Crippen LogP contribution in [0.3, 0.4) is 0 Å². The molecule has 0 saturated carbocycles. The number of furan rings is 1. The van der Waals surface area contributed by atoms with Crippen LogP contribution in [0.1, 0.15) is 40.1 Å². The molecule has 0 spiro atoms. The van der Waals surface area contributed by atoms with Gasteiger partial charge in [0, 0.05) is 40.4 Å². The van der Waals surface area contributed by atoms with E-state index in [2.05, 4.69) is 4.98 Å². The Balaban J connectivity index is 1.70. The molecule has 1 amide bonds. The molecule has 0 unspecified atom stereocenters. The summed E-state index contributed by atoms with van der Waals surface area (Å²) in [4.78, 5) is 17.5. The van der Waals surface area contributed by atoms with Gasteiger partial charge in [0.1, 0.15) is 11.3 Å². The van der Waals surface area contributed by atoms with Crippen LogP contribution in [0.2, 0.25) is 5.02 Å². The van der Waals surface area contributed by atoms with Gasteiger partial charge < -0.3 is 4.42 Å². The molecule has 4 aromatic rings. The summed E-state index contributed by atoms with van der Waals surface area (Å²) in [5, 5.41) is 1.30. The Kier molecular flexibility index (Phi) is 5.46. The molecular weight excluding hydrogens is 460 g/mol. The average Bonchev–Trinajstić information content (AvgIpc) is 3.19. The van der Waals surface area contributed by atoms with Crippen molar-refractivity contribution in [2.75, 3.05) is 4.31 Å². The van der Waals surface area contributed by atoms with Crippen LogP contribution < -0.4 is 4.31 Å². The maximum Gasteiger partial charge on any atom is 0.272 e. The van der Waals surface area contributed by atoms with Gasteiger partial charge in [-0.05, 0) is 80.3 Å². The molecule has 0 N–H and O–H groups in total. The van der Waals surface area contributed by atoms with Crippen LogP contribution in [-0.2, 0) is 22.9 Å². The monoisotopic (exact) mass is 480 g/mol. The summed E-state index contributed by atoms with van der Waals surface area (Å²) >= 11 is 6.11. The number of fused-ring (bicyclic) bond motifs is 3. The highest BCUT2D eigenvalue weighted by Crippen LogP contribution is 2.36. The van der Waals surface area contributed by atoms with Crippen LogP contribution in [0.5, 0.6) is 0 Å². The fourth-order valence-electron chi connectivity index (χ4n) is 4.24. The molecule has 0 aliphatic heterocycles. The lowest BCUT2D eigenvalue weighted by Crippen LogP contribution is -2.37. The predicted molar refractivity (Wildman–Crippen MR) is 127 cm³/mol. The number of hydrogen-bond donors (Lipinski definition) is 0. The molecule has 2 aromatic carbocycles. The van der Waals surface area contributed by atoms with E-state index in [0.29, 0.717) is 16.2 Å². The summed E-state index contributed by atoms with van der Waals surface area (Å²) in [5.41, 5.74) is 2.86. The van der Waals surface area contributed by atoms with E-state index in [9.17, 15) is 13.2 Å². The normalized spacial score (nSPS) is 13.6. The molecule has 0 saturated heterocycles. The first-order valence-corrected chi connectivity index (χ1v) is 12.5. The van der Waals surface area contributed by atoms with Crippen molar-refractivity contribution in [3.05, 3.63) is 88.4 Å². The minimum Gasteiger partial charge on any atom is -0.461 e. The molecule has 5 rings (SSSR count). The number of aromatic nitrogens is 1. The third kappa shape index (κ3) is 3.81. The minimum absolute atomic E-state index is 0.0128. The number of rotatable bonds is 4. The maximum atomic E-state index is 13.8. The van der Waals surface area contributed by atoms with E-state index in [1.54, 1.807) is 25.1 Å². The standard InChI is InChI=1S/C25H21ClN2O4S/c1-16-14-19(7-8-22(16)26)33(30,31)28(25(29)17-10-12-27-13-11-17)18-6-9-24-21(15-18)20-4-2-3-5-23(20)32-24/h6-15H,2-5H2,1H3. The Hall–Kier alpha value is -3.16. The van der Waals surface area contributed by atoms with Gasteiger partial charge in [-0.1, -0.05) is 11.6 Å². The van der Waals surface area contributed by atoms with E-state index < -0.39 is 15.9 Å². The van der Waals surface area contributed by atoms with E-state index in [1.807, 2.05) is 0 Å². The zero-order valence-electron chi connectivity index (χ0n) is 17.9. The smallest absolute Gasteiger partial charge is 0.272 e. The topological polar surface area (TPSA) is 80.5 Å². The molecular formula is C25H21ClN2O4S. The van der Waals surface area contributed by atoms with Crippen molar-refractivity contribution in [1.82, 2.24) is 4.98 Å². The fourth-order valence-corrected chi connectivity index (χ4v) is 5.85. The number of aryl methyl sites for hydroxylation is 3. The van der Waals surface area contributed by atoms with E-state index >= 15 is 0 Å². The number of anilines is 1. The Morgan fingerprint density at radius 1 is 1.03 bits per heavy atom. The van der Waals surface area contributed by atoms with Crippen molar-refractivity contribution in [3.63, 3.8) is 0 Å². The highest BCUT2D eigenvalue weighted by molar-refractivity contribution is 7.93. The zero-order chi connectivity index (χ0) is 23.2. The van der Waals surface area contributed by atoms with Crippen molar-refractivity contribution < 1.29 is 17.6 Å². The largest absolute Gasteiger partial charge is 0.461 e. The number of nitrogens with zero attached hydrogens (tertiary/aromatic N) is 2. The molecule has 0 bridgehead atoms. The predicted octanol–water partition coefficient (Wildman–Crippen LogP) is 5.70. The molecule has 0 atom stereocenters. The number of pyridine rings is 1. The number of amides is 1. The van der Waals surface area contributed by atoms with Crippen molar-refractivity contribution in [2.45, 2.75) is 37.5 Å². The molecule has 1 aliphatic rings. The van der Waals surface area contributed by atoms with E-state index in [-0.39, 0.29) is 16.1 Å². The lowest BCUT2D eigenvalue weighted by Gasteiger charge is -2.23. The molecule has 0 fully saturated rings. The lowest BCUT2D eigenvalue weighted by molar-refractivity contribution is 0.100. The molecule has 1 aliphatic carbocycles. The van der Waals surface area contributed by atoms with Gasteiger partial charge in [0.05, 0.1) is 10.6 Å². The summed E-state index contributed by atoms with van der Waals surface area (Å²) < 4.78 is 34.4. The quantitative estimate of drug-likeness (QED) is 0.374. The molecule has 2 aromatic heterocycles. The molecule has 2 heterocycles.